The fourth-order valence-corrected chi connectivity index (χ4v) is 2.09. The number of guanidine groups is 2. The molecule has 0 aliphatic carbocycles. The number of hydrogen-bond donors (Lipinski definition) is 8. The second kappa shape index (κ2) is 13.1. The molecule has 0 heterocycles. The first-order valence-corrected chi connectivity index (χ1v) is 8.74. The lowest BCUT2D eigenvalue weighted by molar-refractivity contribution is -0.142. The number of nitrogens with one attached hydrogen (secondary N) is 2. The van der Waals surface area contributed by atoms with Crippen molar-refractivity contribution < 1.29 is 19.5 Å². The Morgan fingerprint density at radius 1 is 0.893 bits per heavy atom. The molecule has 0 bridgehead atoms. The smallest absolute Gasteiger partial charge is 0.326 e. The summed E-state index contributed by atoms with van der Waals surface area (Å²) in [6.07, 6.45) is 1.29. The first-order valence-electron chi connectivity index (χ1n) is 8.74. The maximum Gasteiger partial charge on any atom is 0.326 e. The van der Waals surface area contributed by atoms with Crippen molar-refractivity contribution in [1.82, 2.24) is 10.6 Å². The predicted molar refractivity (Wildman–Crippen MR) is 105 cm³/mol. The van der Waals surface area contributed by atoms with E-state index in [-0.39, 0.29) is 24.9 Å². The highest BCUT2D eigenvalue weighted by molar-refractivity contribution is 5.91. The molecule has 13 heteroatoms. The van der Waals surface area contributed by atoms with Crippen LogP contribution < -0.4 is 39.3 Å². The molecule has 0 saturated heterocycles. The highest BCUT2D eigenvalue weighted by Crippen LogP contribution is 2.01. The van der Waals surface area contributed by atoms with Gasteiger partial charge >= 0.3 is 5.97 Å². The van der Waals surface area contributed by atoms with Crippen molar-refractivity contribution >= 4 is 29.7 Å². The lowest BCUT2D eigenvalue weighted by Gasteiger charge is -2.20. The van der Waals surface area contributed by atoms with Crippen molar-refractivity contribution in [3.05, 3.63) is 0 Å². The second-order valence-electron chi connectivity index (χ2n) is 6.13. The number of nitrogens with two attached hydrogens (primary N) is 5. The van der Waals surface area contributed by atoms with Crippen molar-refractivity contribution in [2.24, 2.45) is 38.7 Å². The highest BCUT2D eigenvalue weighted by atomic mass is 16.4. The largest absolute Gasteiger partial charge is 0.480 e. The number of hydrogen-bond acceptors (Lipinski definition) is 6. The van der Waals surface area contributed by atoms with Crippen molar-refractivity contribution in [3.63, 3.8) is 0 Å². The molecule has 0 rings (SSSR count). The van der Waals surface area contributed by atoms with Gasteiger partial charge in [0.2, 0.25) is 11.8 Å². The van der Waals surface area contributed by atoms with Crippen LogP contribution in [0.4, 0.5) is 0 Å². The van der Waals surface area contributed by atoms with E-state index in [2.05, 4.69) is 20.6 Å². The first-order chi connectivity index (χ1) is 13.0. The van der Waals surface area contributed by atoms with Crippen LogP contribution in [0, 0.1) is 0 Å². The lowest BCUT2D eigenvalue weighted by Crippen LogP contribution is -2.53. The number of carbonyl (C=O) groups is 3. The Morgan fingerprint density at radius 2 is 1.39 bits per heavy atom. The van der Waals surface area contributed by atoms with Gasteiger partial charge in [0.05, 0.1) is 6.04 Å². The van der Waals surface area contributed by atoms with E-state index in [1.54, 1.807) is 0 Å². The quantitative estimate of drug-likeness (QED) is 0.0863. The van der Waals surface area contributed by atoms with Gasteiger partial charge in [0.1, 0.15) is 12.1 Å². The fourth-order valence-electron chi connectivity index (χ4n) is 2.09. The maximum absolute atomic E-state index is 12.1. The molecular weight excluding hydrogens is 370 g/mol. The van der Waals surface area contributed by atoms with E-state index in [4.69, 9.17) is 28.7 Å². The molecule has 0 saturated carbocycles. The van der Waals surface area contributed by atoms with E-state index in [1.165, 1.54) is 6.92 Å². The minimum absolute atomic E-state index is 0.0467. The molecule has 0 radical (unpaired) electrons. The van der Waals surface area contributed by atoms with Crippen LogP contribution >= 0.6 is 0 Å². The minimum atomic E-state index is -1.20. The molecule has 3 unspecified atom stereocenters. The minimum Gasteiger partial charge on any atom is -0.480 e. The normalized spacial score (nSPS) is 13.5. The van der Waals surface area contributed by atoms with Crippen LogP contribution in [-0.4, -0.2) is 66.0 Å². The molecule has 0 aliphatic heterocycles. The van der Waals surface area contributed by atoms with Crippen molar-refractivity contribution in [3.8, 4) is 0 Å². The van der Waals surface area contributed by atoms with Gasteiger partial charge in [-0.25, -0.2) is 4.79 Å². The number of carbonyl (C=O) groups excluding carboxylic acids is 2. The van der Waals surface area contributed by atoms with E-state index in [0.717, 1.165) is 0 Å². The van der Waals surface area contributed by atoms with Gasteiger partial charge in [0.25, 0.3) is 0 Å². The summed E-state index contributed by atoms with van der Waals surface area (Å²) in [5.41, 5.74) is 26.5. The van der Waals surface area contributed by atoms with Gasteiger partial charge in [0.15, 0.2) is 11.9 Å². The van der Waals surface area contributed by atoms with E-state index in [9.17, 15) is 19.5 Å². The Bertz CT molecular complexity index is 586. The number of amides is 2. The van der Waals surface area contributed by atoms with E-state index < -0.39 is 35.9 Å². The second-order valence-corrected chi connectivity index (χ2v) is 6.13. The van der Waals surface area contributed by atoms with Gasteiger partial charge in [0, 0.05) is 13.1 Å². The van der Waals surface area contributed by atoms with E-state index in [0.29, 0.717) is 25.8 Å². The third-order valence-electron chi connectivity index (χ3n) is 3.62. The van der Waals surface area contributed by atoms with Crippen LogP contribution in [0.2, 0.25) is 0 Å². The van der Waals surface area contributed by atoms with E-state index >= 15 is 0 Å². The van der Waals surface area contributed by atoms with Crippen molar-refractivity contribution in [2.45, 2.75) is 50.7 Å². The SMILES string of the molecule is CC(NC(=O)C(N)CCCN=C(N)N)C(=O)NC(CCCN=C(N)N)C(=O)O. The third kappa shape index (κ3) is 11.5. The van der Waals surface area contributed by atoms with Crippen LogP contribution in [0.3, 0.4) is 0 Å². The first kappa shape index (κ1) is 24.9. The summed E-state index contributed by atoms with van der Waals surface area (Å²) in [7, 11) is 0. The molecule has 0 aromatic rings. The number of nitrogens with zero attached hydrogens (tertiary/aromatic N) is 2. The van der Waals surface area contributed by atoms with Crippen LogP contribution in [0.25, 0.3) is 0 Å². The molecule has 2 amide bonds. The molecule has 160 valence electrons. The van der Waals surface area contributed by atoms with Gasteiger partial charge in [-0.05, 0) is 32.6 Å². The summed E-state index contributed by atoms with van der Waals surface area (Å²) < 4.78 is 0. The number of carboxylic acid groups (broad SMARTS) is 1. The molecule has 0 aromatic heterocycles. The Labute approximate surface area is 163 Å². The molecule has 13 N–H and O–H groups in total. The zero-order chi connectivity index (χ0) is 21.7. The molecular formula is C15H31N9O4. The van der Waals surface area contributed by atoms with Gasteiger partial charge < -0.3 is 44.4 Å². The zero-order valence-corrected chi connectivity index (χ0v) is 15.9. The van der Waals surface area contributed by atoms with Crippen LogP contribution in [0.5, 0.6) is 0 Å². The molecule has 3 atom stereocenters. The Kier molecular flexibility index (Phi) is 11.7. The van der Waals surface area contributed by atoms with E-state index in [1.807, 2.05) is 0 Å². The summed E-state index contributed by atoms with van der Waals surface area (Å²) in [6.45, 7) is 2.00. The number of rotatable bonds is 13. The fraction of sp³-hybridized carbons (Fsp3) is 0.667. The summed E-state index contributed by atoms with van der Waals surface area (Å²) in [5.74, 6) is -2.52. The zero-order valence-electron chi connectivity index (χ0n) is 15.9. The lowest BCUT2D eigenvalue weighted by atomic mass is 10.1. The molecule has 0 fully saturated rings. The molecule has 0 spiro atoms. The van der Waals surface area contributed by atoms with Crippen molar-refractivity contribution in [1.29, 1.82) is 0 Å². The summed E-state index contributed by atoms with van der Waals surface area (Å²) in [4.78, 5) is 43.0. The average molecular weight is 401 g/mol. The van der Waals surface area contributed by atoms with Gasteiger partial charge in [-0.3, -0.25) is 19.6 Å². The van der Waals surface area contributed by atoms with Gasteiger partial charge in [-0.2, -0.15) is 0 Å². The van der Waals surface area contributed by atoms with Crippen molar-refractivity contribution in [2.75, 3.05) is 13.1 Å². The Balaban J connectivity index is 4.44. The monoisotopic (exact) mass is 401 g/mol. The summed E-state index contributed by atoms with van der Waals surface area (Å²) in [5, 5.41) is 14.0. The Morgan fingerprint density at radius 3 is 1.86 bits per heavy atom. The number of carboxylic acids is 1. The molecule has 28 heavy (non-hydrogen) atoms. The summed E-state index contributed by atoms with van der Waals surface area (Å²) in [6, 6.07) is -2.94. The summed E-state index contributed by atoms with van der Waals surface area (Å²) >= 11 is 0. The molecule has 0 aromatic carbocycles. The maximum atomic E-state index is 12.1. The number of aliphatic imine (C=N–C) groups is 2. The standard InChI is InChI=1S/C15H31N9O4/c1-8(23-12(26)9(16)4-2-6-21-14(17)18)11(25)24-10(13(27)28)5-3-7-22-15(19)20/h8-10H,2-7,16H2,1H3,(H,23,26)(H,24,25)(H,27,28)(H4,17,18,21)(H4,19,20,22). The van der Waals surface area contributed by atoms with Gasteiger partial charge in [-0.15, -0.1) is 0 Å². The average Bonchev–Trinajstić information content (AvgIpc) is 2.59. The Hall–Kier alpha value is -3.09. The topological polar surface area (TPSA) is 250 Å². The van der Waals surface area contributed by atoms with Crippen LogP contribution in [0.1, 0.15) is 32.6 Å². The van der Waals surface area contributed by atoms with Crippen LogP contribution in [0.15, 0.2) is 9.98 Å². The highest BCUT2D eigenvalue weighted by Gasteiger charge is 2.24. The number of aliphatic carboxylic acids is 1. The third-order valence-corrected chi connectivity index (χ3v) is 3.62. The predicted octanol–water partition coefficient (Wildman–Crippen LogP) is -3.51. The van der Waals surface area contributed by atoms with Gasteiger partial charge in [-0.1, -0.05) is 0 Å². The molecule has 13 nitrogen and oxygen atoms in total. The van der Waals surface area contributed by atoms with Crippen LogP contribution in [-0.2, 0) is 14.4 Å². The molecule has 0 aliphatic rings.